The minimum Gasteiger partial charge on any atom is -0.494 e. The lowest BCUT2D eigenvalue weighted by molar-refractivity contribution is 0.0696. The van der Waals surface area contributed by atoms with Crippen molar-refractivity contribution in [3.8, 4) is 78.9 Å². The number of nitrogens with zero attached hydrogens (tertiary/aromatic N) is 2. The molecule has 0 fully saturated rings. The number of benzene rings is 9. The largest absolute Gasteiger partial charge is 0.494 e. The third kappa shape index (κ3) is 11.2. The minimum atomic E-state index is -1.01. The Morgan fingerprint density at radius 3 is 0.797 bits per heavy atom. The average Bonchev–Trinajstić information content (AvgIpc) is 4.21. The summed E-state index contributed by atoms with van der Waals surface area (Å²) in [5.41, 5.74) is 14.1. The maximum Gasteiger partial charge on any atom is 0.335 e. The molecule has 8 heteroatoms. The number of rotatable bonds is 23. The van der Waals surface area contributed by atoms with Gasteiger partial charge in [-0.05, 0) is 185 Å². The fourth-order valence-corrected chi connectivity index (χ4v) is 10.6. The normalized spacial score (nSPS) is 11.5. The predicted octanol–water partition coefficient (Wildman–Crippen LogP) is 19.0. The minimum absolute atomic E-state index is 0.184. The molecule has 2 aromatic heterocycles. The lowest BCUT2D eigenvalue weighted by atomic mass is 10.00. The molecule has 0 saturated carbocycles. The van der Waals surface area contributed by atoms with Crippen LogP contribution in [0.25, 0.3) is 99.5 Å². The molecule has 398 valence electrons. The van der Waals surface area contributed by atoms with Gasteiger partial charge in [-0.2, -0.15) is 0 Å². The Balaban J connectivity index is 1.07. The van der Waals surface area contributed by atoms with E-state index in [1.807, 2.05) is 48.5 Å². The van der Waals surface area contributed by atoms with Gasteiger partial charge in [0.05, 0.1) is 54.1 Å². The van der Waals surface area contributed by atoms with Crippen LogP contribution in [0.15, 0.2) is 188 Å². The van der Waals surface area contributed by atoms with Crippen LogP contribution >= 0.6 is 0 Å². The topological polar surface area (TPSA) is 84.1 Å². The van der Waals surface area contributed by atoms with Gasteiger partial charge in [0.1, 0.15) is 23.0 Å². The molecule has 0 aliphatic carbocycles. The lowest BCUT2D eigenvalue weighted by Gasteiger charge is -2.15. The monoisotopic (exact) mass is 1040 g/mol. The van der Waals surface area contributed by atoms with Crippen molar-refractivity contribution in [2.24, 2.45) is 0 Å². The Bertz CT molecular complexity index is 3440. The van der Waals surface area contributed by atoms with Crippen LogP contribution in [0.5, 0.6) is 23.0 Å². The van der Waals surface area contributed by atoms with Crippen molar-refractivity contribution in [1.29, 1.82) is 0 Å². The van der Waals surface area contributed by atoms with Gasteiger partial charge in [-0.15, -0.1) is 0 Å². The van der Waals surface area contributed by atoms with Crippen molar-refractivity contribution in [3.05, 3.63) is 194 Å². The highest BCUT2D eigenvalue weighted by Crippen LogP contribution is 2.42. The number of unbranched alkanes of at least 4 members (excludes halogenated alkanes) is 4. The van der Waals surface area contributed by atoms with Gasteiger partial charge in [0.25, 0.3) is 0 Å². The maximum absolute atomic E-state index is 13.4. The molecule has 0 aliphatic heterocycles. The standard InChI is InChI=1S/C71H68N2O6/c1-5-9-37-76-59-25-13-48(14-26-59)52-21-33-67-63(43-52)64-44-53(49-15-27-60(28-16-49)77-38-10-6-2)22-34-68(64)72(67)57-41-56(71(74)75)42-58(47-57)73-69-35-23-54(50-17-29-61(30-18-50)78-39-11-7-3)45-65(69)66-46-55(24-36-70(66)73)51-19-31-62(32-20-51)79-40-12-8-4/h13-36,41-47H,5-12,37-40H2,1-4H3,(H,74,75). The van der Waals surface area contributed by atoms with Gasteiger partial charge in [0, 0.05) is 32.9 Å². The summed E-state index contributed by atoms with van der Waals surface area (Å²) < 4.78 is 28.6. The molecule has 0 aliphatic rings. The van der Waals surface area contributed by atoms with Crippen LogP contribution in [0.4, 0.5) is 0 Å². The molecular weight excluding hydrogens is 977 g/mol. The van der Waals surface area contributed by atoms with E-state index >= 15 is 0 Å². The highest BCUT2D eigenvalue weighted by Gasteiger charge is 2.21. The Hall–Kier alpha value is -8.75. The molecule has 79 heavy (non-hydrogen) atoms. The molecule has 9 aromatic carbocycles. The van der Waals surface area contributed by atoms with E-state index in [2.05, 4.69) is 164 Å². The molecule has 11 rings (SSSR count). The summed E-state index contributed by atoms with van der Waals surface area (Å²) in [6.45, 7) is 11.4. The molecule has 0 bridgehead atoms. The van der Waals surface area contributed by atoms with Crippen LogP contribution in [0.1, 0.15) is 89.4 Å². The highest BCUT2D eigenvalue weighted by atomic mass is 16.5. The van der Waals surface area contributed by atoms with Gasteiger partial charge in [-0.3, -0.25) is 0 Å². The molecule has 11 aromatic rings. The summed E-state index contributed by atoms with van der Waals surface area (Å²) in [4.78, 5) is 13.4. The molecule has 0 unspecified atom stereocenters. The van der Waals surface area contributed by atoms with Crippen LogP contribution < -0.4 is 18.9 Å². The molecule has 0 atom stereocenters. The zero-order valence-corrected chi connectivity index (χ0v) is 45.8. The summed E-state index contributed by atoms with van der Waals surface area (Å²) in [6.07, 6.45) is 8.35. The van der Waals surface area contributed by atoms with E-state index in [1.165, 1.54) is 0 Å². The van der Waals surface area contributed by atoms with Crippen molar-refractivity contribution in [2.75, 3.05) is 26.4 Å². The summed E-state index contributed by atoms with van der Waals surface area (Å²) in [6, 6.07) is 65.5. The second-order valence-corrected chi connectivity index (χ2v) is 20.5. The van der Waals surface area contributed by atoms with Crippen LogP contribution in [-0.2, 0) is 0 Å². The second kappa shape index (κ2) is 23.9. The lowest BCUT2D eigenvalue weighted by Crippen LogP contribution is -2.04. The second-order valence-electron chi connectivity index (χ2n) is 20.5. The third-order valence-corrected chi connectivity index (χ3v) is 15.0. The van der Waals surface area contributed by atoms with Gasteiger partial charge < -0.3 is 33.2 Å². The van der Waals surface area contributed by atoms with Crippen LogP contribution in [0, 0.1) is 0 Å². The van der Waals surface area contributed by atoms with Crippen LogP contribution in [0.2, 0.25) is 0 Å². The van der Waals surface area contributed by atoms with Crippen molar-refractivity contribution >= 4 is 49.6 Å². The fourth-order valence-electron chi connectivity index (χ4n) is 10.6. The highest BCUT2D eigenvalue weighted by molar-refractivity contribution is 6.13. The number of carbonyl (C=O) groups is 1. The summed E-state index contributed by atoms with van der Waals surface area (Å²) in [5, 5.41) is 15.2. The van der Waals surface area contributed by atoms with Gasteiger partial charge >= 0.3 is 5.97 Å². The fraction of sp³-hybridized carbons (Fsp3) is 0.225. The van der Waals surface area contributed by atoms with E-state index in [9.17, 15) is 9.90 Å². The van der Waals surface area contributed by atoms with Crippen molar-refractivity contribution < 1.29 is 28.8 Å². The van der Waals surface area contributed by atoms with Crippen molar-refractivity contribution in [2.45, 2.75) is 79.1 Å². The molecule has 0 spiro atoms. The Morgan fingerprint density at radius 2 is 0.570 bits per heavy atom. The molecule has 0 radical (unpaired) electrons. The molecular formula is C71H68N2O6. The SMILES string of the molecule is CCCCOc1ccc(-c2ccc3c(c2)c2cc(-c4ccc(OCCCC)cc4)ccc2n3-c2cc(C(=O)O)cc(-n3c4ccc(-c5ccc(OCCCC)cc5)cc4c4cc(-c5ccc(OCCCC)cc5)ccc43)c2)cc1. The number of aromatic nitrogens is 2. The number of fused-ring (bicyclic) bond motifs is 6. The number of carboxylic acid groups (broad SMARTS) is 1. The first-order chi connectivity index (χ1) is 38.8. The smallest absolute Gasteiger partial charge is 0.335 e. The Morgan fingerprint density at radius 1 is 0.329 bits per heavy atom. The Kier molecular flexibility index (Phi) is 15.8. The zero-order valence-electron chi connectivity index (χ0n) is 45.8. The average molecular weight is 1050 g/mol. The van der Waals surface area contributed by atoms with Gasteiger partial charge in [0.2, 0.25) is 0 Å². The van der Waals surface area contributed by atoms with E-state index in [-0.39, 0.29) is 5.56 Å². The van der Waals surface area contributed by atoms with E-state index in [0.717, 1.165) is 174 Å². The number of ether oxygens (including phenoxy) is 4. The number of carboxylic acids is 1. The first kappa shape index (κ1) is 52.3. The molecule has 2 heterocycles. The zero-order chi connectivity index (χ0) is 54.2. The van der Waals surface area contributed by atoms with E-state index in [4.69, 9.17) is 18.9 Å². The summed E-state index contributed by atoms with van der Waals surface area (Å²) in [5.74, 6) is 2.42. The number of hydrogen-bond donors (Lipinski definition) is 1. The van der Waals surface area contributed by atoms with Gasteiger partial charge in [0.15, 0.2) is 0 Å². The third-order valence-electron chi connectivity index (χ3n) is 15.0. The van der Waals surface area contributed by atoms with Crippen LogP contribution in [-0.4, -0.2) is 46.6 Å². The quantitative estimate of drug-likeness (QED) is 0.0643. The number of aromatic carboxylic acids is 1. The first-order valence-corrected chi connectivity index (χ1v) is 28.3. The molecule has 1 N–H and O–H groups in total. The molecule has 8 nitrogen and oxygen atoms in total. The first-order valence-electron chi connectivity index (χ1n) is 28.3. The van der Waals surface area contributed by atoms with E-state index < -0.39 is 5.97 Å². The predicted molar refractivity (Wildman–Crippen MR) is 325 cm³/mol. The summed E-state index contributed by atoms with van der Waals surface area (Å²) >= 11 is 0. The van der Waals surface area contributed by atoms with Crippen molar-refractivity contribution in [1.82, 2.24) is 9.13 Å². The number of hydrogen-bond acceptors (Lipinski definition) is 5. The van der Waals surface area contributed by atoms with E-state index in [0.29, 0.717) is 26.4 Å². The van der Waals surface area contributed by atoms with Crippen LogP contribution in [0.3, 0.4) is 0 Å². The van der Waals surface area contributed by atoms with E-state index in [1.54, 1.807) is 12.1 Å². The van der Waals surface area contributed by atoms with Gasteiger partial charge in [-0.1, -0.05) is 126 Å². The maximum atomic E-state index is 13.4. The molecule has 0 amide bonds. The van der Waals surface area contributed by atoms with Crippen molar-refractivity contribution in [3.63, 3.8) is 0 Å². The molecule has 0 saturated heterocycles. The van der Waals surface area contributed by atoms with Gasteiger partial charge in [-0.25, -0.2) is 4.79 Å². The Labute approximate surface area is 463 Å². The summed E-state index contributed by atoms with van der Waals surface area (Å²) in [7, 11) is 0.